The molecule has 4 heteroatoms. The zero-order chi connectivity index (χ0) is 13.1. The Morgan fingerprint density at radius 3 is 2.65 bits per heavy atom. The van der Waals surface area contributed by atoms with Gasteiger partial charge < -0.3 is 14.9 Å². The lowest BCUT2D eigenvalue weighted by molar-refractivity contribution is -0.140. The van der Waals surface area contributed by atoms with Crippen molar-refractivity contribution in [1.82, 2.24) is 9.80 Å². The van der Waals surface area contributed by atoms with Gasteiger partial charge in [0.1, 0.15) is 0 Å². The van der Waals surface area contributed by atoms with Crippen LogP contribution in [0.4, 0.5) is 0 Å². The van der Waals surface area contributed by atoms with E-state index in [2.05, 4.69) is 37.7 Å². The minimum atomic E-state index is -0.669. The van der Waals surface area contributed by atoms with E-state index in [9.17, 15) is 4.79 Å². The van der Waals surface area contributed by atoms with Gasteiger partial charge in [-0.05, 0) is 38.4 Å². The summed E-state index contributed by atoms with van der Waals surface area (Å²) in [6, 6.07) is 0. The van der Waals surface area contributed by atoms with Gasteiger partial charge in [0.25, 0.3) is 0 Å². The summed E-state index contributed by atoms with van der Waals surface area (Å²) in [5.74, 6) is -0.395. The summed E-state index contributed by atoms with van der Waals surface area (Å²) in [6.07, 6.45) is 1.39. The maximum Gasteiger partial charge on any atom is 0.303 e. The van der Waals surface area contributed by atoms with Gasteiger partial charge in [0.05, 0.1) is 0 Å². The van der Waals surface area contributed by atoms with Crippen molar-refractivity contribution in [3.8, 4) is 0 Å². The van der Waals surface area contributed by atoms with Crippen LogP contribution in [0.3, 0.4) is 0 Å². The Balaban J connectivity index is 2.51. The first kappa shape index (κ1) is 14.5. The largest absolute Gasteiger partial charge is 0.481 e. The highest BCUT2D eigenvalue weighted by Crippen LogP contribution is 2.37. The van der Waals surface area contributed by atoms with Gasteiger partial charge in [-0.15, -0.1) is 0 Å². The summed E-state index contributed by atoms with van der Waals surface area (Å²) >= 11 is 0. The van der Waals surface area contributed by atoms with Gasteiger partial charge in [-0.1, -0.05) is 13.8 Å². The van der Waals surface area contributed by atoms with Crippen LogP contribution in [-0.2, 0) is 4.79 Å². The van der Waals surface area contributed by atoms with Crippen LogP contribution in [0.5, 0.6) is 0 Å². The number of carboxylic acid groups (broad SMARTS) is 1. The van der Waals surface area contributed by atoms with E-state index in [0.29, 0.717) is 6.42 Å². The molecule has 0 spiro atoms. The Morgan fingerprint density at radius 1 is 1.47 bits per heavy atom. The van der Waals surface area contributed by atoms with Gasteiger partial charge in [0.15, 0.2) is 0 Å². The van der Waals surface area contributed by atoms with Crippen LogP contribution in [-0.4, -0.2) is 61.2 Å². The molecule has 0 aromatic carbocycles. The van der Waals surface area contributed by atoms with Crippen molar-refractivity contribution in [2.75, 3.05) is 40.3 Å². The van der Waals surface area contributed by atoms with Gasteiger partial charge in [0, 0.05) is 26.1 Å². The van der Waals surface area contributed by atoms with E-state index in [4.69, 9.17) is 5.11 Å². The van der Waals surface area contributed by atoms with Crippen molar-refractivity contribution in [3.05, 3.63) is 0 Å². The molecule has 1 aliphatic rings. The molecule has 1 aliphatic heterocycles. The Bertz CT molecular complexity index is 262. The first-order chi connectivity index (χ1) is 7.81. The molecule has 4 nitrogen and oxygen atoms in total. The molecule has 1 unspecified atom stereocenters. The number of likely N-dealkylation sites (tertiary alicyclic amines) is 1. The zero-order valence-electron chi connectivity index (χ0n) is 11.6. The van der Waals surface area contributed by atoms with Crippen LogP contribution in [0.1, 0.15) is 26.7 Å². The van der Waals surface area contributed by atoms with Crippen molar-refractivity contribution >= 4 is 5.97 Å². The molecule has 1 fully saturated rings. The van der Waals surface area contributed by atoms with E-state index in [1.807, 2.05) is 0 Å². The average molecular weight is 242 g/mol. The molecular formula is C13H26N2O2. The second-order valence-corrected chi connectivity index (χ2v) is 6.14. The van der Waals surface area contributed by atoms with Crippen LogP contribution < -0.4 is 0 Å². The number of hydrogen-bond acceptors (Lipinski definition) is 3. The van der Waals surface area contributed by atoms with E-state index in [0.717, 1.165) is 32.6 Å². The monoisotopic (exact) mass is 242 g/mol. The molecule has 0 aliphatic carbocycles. The Kier molecular flexibility index (Phi) is 4.95. The lowest BCUT2D eigenvalue weighted by atomic mass is 9.72. The average Bonchev–Trinajstić information content (AvgIpc) is 2.18. The fraction of sp³-hybridized carbons (Fsp3) is 0.923. The maximum atomic E-state index is 10.9. The molecule has 0 aromatic heterocycles. The number of carboxylic acids is 1. The van der Waals surface area contributed by atoms with Crippen molar-refractivity contribution in [2.45, 2.75) is 26.7 Å². The summed E-state index contributed by atoms with van der Waals surface area (Å²) in [5, 5.41) is 8.98. The number of hydrogen-bond donors (Lipinski definition) is 1. The third-order valence-corrected chi connectivity index (χ3v) is 3.94. The molecule has 1 atom stereocenters. The van der Waals surface area contributed by atoms with E-state index >= 15 is 0 Å². The highest BCUT2D eigenvalue weighted by atomic mass is 16.4. The number of likely N-dealkylation sites (N-methyl/N-ethyl adjacent to an activating group) is 1. The van der Waals surface area contributed by atoms with Gasteiger partial charge in [-0.25, -0.2) is 0 Å². The molecule has 1 N–H and O–H groups in total. The molecular weight excluding hydrogens is 216 g/mol. The predicted molar refractivity (Wildman–Crippen MR) is 69.1 cm³/mol. The van der Waals surface area contributed by atoms with Crippen molar-refractivity contribution in [3.63, 3.8) is 0 Å². The van der Waals surface area contributed by atoms with E-state index in [-0.39, 0.29) is 11.3 Å². The summed E-state index contributed by atoms with van der Waals surface area (Å²) in [6.45, 7) is 8.50. The molecule has 0 aromatic rings. The van der Waals surface area contributed by atoms with Crippen LogP contribution in [0.25, 0.3) is 0 Å². The van der Waals surface area contributed by atoms with Crippen LogP contribution in [0.2, 0.25) is 0 Å². The number of rotatable bonds is 5. The summed E-state index contributed by atoms with van der Waals surface area (Å²) in [7, 11) is 4.14. The third kappa shape index (κ3) is 4.64. The second kappa shape index (κ2) is 5.83. The lowest BCUT2D eigenvalue weighted by Gasteiger charge is -2.43. The van der Waals surface area contributed by atoms with Gasteiger partial charge >= 0.3 is 5.97 Å². The fourth-order valence-corrected chi connectivity index (χ4v) is 2.40. The molecule has 0 amide bonds. The molecule has 1 saturated heterocycles. The smallest absolute Gasteiger partial charge is 0.303 e. The lowest BCUT2D eigenvalue weighted by Crippen LogP contribution is -2.47. The third-order valence-electron chi connectivity index (χ3n) is 3.94. The van der Waals surface area contributed by atoms with Crippen LogP contribution in [0, 0.1) is 11.3 Å². The van der Waals surface area contributed by atoms with E-state index < -0.39 is 5.97 Å². The Morgan fingerprint density at radius 2 is 2.12 bits per heavy atom. The van der Waals surface area contributed by atoms with Crippen molar-refractivity contribution in [1.29, 1.82) is 0 Å². The molecule has 0 bridgehead atoms. The van der Waals surface area contributed by atoms with Crippen LogP contribution in [0.15, 0.2) is 0 Å². The second-order valence-electron chi connectivity index (χ2n) is 6.14. The summed E-state index contributed by atoms with van der Waals surface area (Å²) < 4.78 is 0. The van der Waals surface area contributed by atoms with Crippen molar-refractivity contribution in [2.24, 2.45) is 11.3 Å². The molecule has 0 radical (unpaired) electrons. The molecule has 100 valence electrons. The molecule has 0 saturated carbocycles. The van der Waals surface area contributed by atoms with Crippen molar-refractivity contribution < 1.29 is 9.90 Å². The van der Waals surface area contributed by atoms with Gasteiger partial charge in [-0.3, -0.25) is 4.79 Å². The number of carbonyl (C=O) groups is 1. The van der Waals surface area contributed by atoms with Crippen LogP contribution >= 0.6 is 0 Å². The molecule has 1 rings (SSSR count). The van der Waals surface area contributed by atoms with Gasteiger partial charge in [-0.2, -0.15) is 0 Å². The maximum absolute atomic E-state index is 10.9. The Labute approximate surface area is 105 Å². The first-order valence-corrected chi connectivity index (χ1v) is 6.40. The first-order valence-electron chi connectivity index (χ1n) is 6.40. The van der Waals surface area contributed by atoms with E-state index in [1.54, 1.807) is 0 Å². The van der Waals surface area contributed by atoms with E-state index in [1.165, 1.54) is 0 Å². The number of nitrogens with zero attached hydrogens (tertiary/aromatic N) is 2. The minimum absolute atomic E-state index is 0.160. The molecule has 17 heavy (non-hydrogen) atoms. The number of aliphatic carboxylic acids is 1. The predicted octanol–water partition coefficient (Wildman–Crippen LogP) is 1.37. The zero-order valence-corrected chi connectivity index (χ0v) is 11.6. The normalized spacial score (nSPS) is 25.1. The molecule has 1 heterocycles. The Hall–Kier alpha value is -0.610. The highest BCUT2D eigenvalue weighted by molar-refractivity contribution is 5.67. The fourth-order valence-electron chi connectivity index (χ4n) is 2.40. The summed E-state index contributed by atoms with van der Waals surface area (Å²) in [5.41, 5.74) is 0.160. The SMILES string of the molecule is CN(C)CCN1CCC(C)(C)C(CC(=O)O)C1. The van der Waals surface area contributed by atoms with Gasteiger partial charge in [0.2, 0.25) is 0 Å². The number of piperidine rings is 1. The summed E-state index contributed by atoms with van der Waals surface area (Å²) in [4.78, 5) is 15.5. The quantitative estimate of drug-likeness (QED) is 0.791. The standard InChI is InChI=1S/C13H26N2O2/c1-13(2)5-6-15(8-7-14(3)4)10-11(13)9-12(16)17/h11H,5-10H2,1-4H3,(H,16,17). The highest BCUT2D eigenvalue weighted by Gasteiger charge is 2.36. The topological polar surface area (TPSA) is 43.8 Å². The minimum Gasteiger partial charge on any atom is -0.481 e.